The highest BCUT2D eigenvalue weighted by Crippen LogP contribution is 2.47. The van der Waals surface area contributed by atoms with Crippen LogP contribution in [-0.4, -0.2) is 19.4 Å². The average molecular weight is 439 g/mol. The standard InChI is InChI=1S/C29H30N2O2/c1-3-17-31-26-12-8-7-11-24(26)30-25-18-22(20-9-5-4-6-10-20)19-27(32)28(25)29(31)21-13-15-23(33-2)16-14-21/h4-16,22,29-30H,3,17-19H2,1-2H3/t22-,29-/m0/s1. The van der Waals surface area contributed by atoms with E-state index >= 15 is 0 Å². The Morgan fingerprint density at radius 1 is 0.909 bits per heavy atom. The van der Waals surface area contributed by atoms with Crippen molar-refractivity contribution in [2.75, 3.05) is 23.9 Å². The first kappa shape index (κ1) is 21.3. The molecule has 0 saturated heterocycles. The van der Waals surface area contributed by atoms with Gasteiger partial charge in [-0.3, -0.25) is 4.79 Å². The predicted molar refractivity (Wildman–Crippen MR) is 134 cm³/mol. The number of allylic oxidation sites excluding steroid dienone is 1. The van der Waals surface area contributed by atoms with Crippen molar-refractivity contribution in [3.05, 3.63) is 101 Å². The lowest BCUT2D eigenvalue weighted by Gasteiger charge is -2.36. The summed E-state index contributed by atoms with van der Waals surface area (Å²) >= 11 is 0. The van der Waals surface area contributed by atoms with Crippen LogP contribution in [0.3, 0.4) is 0 Å². The molecule has 1 N–H and O–H groups in total. The fourth-order valence-electron chi connectivity index (χ4n) is 5.24. The van der Waals surface area contributed by atoms with Crippen molar-refractivity contribution >= 4 is 17.2 Å². The SMILES string of the molecule is CCCN1c2ccccc2NC2=C(C(=O)C[C@@H](c3ccccc3)C2)[C@@H]1c1ccc(OC)cc1. The molecule has 0 saturated carbocycles. The monoisotopic (exact) mass is 438 g/mol. The smallest absolute Gasteiger partial charge is 0.163 e. The molecule has 168 valence electrons. The number of ketones is 1. The highest BCUT2D eigenvalue weighted by atomic mass is 16.5. The molecule has 4 nitrogen and oxygen atoms in total. The number of Topliss-reactive ketones (excluding diaryl/α,β-unsaturated/α-hetero) is 1. The summed E-state index contributed by atoms with van der Waals surface area (Å²) in [7, 11) is 1.68. The van der Waals surface area contributed by atoms with Gasteiger partial charge in [-0.15, -0.1) is 0 Å². The van der Waals surface area contributed by atoms with Crippen molar-refractivity contribution in [2.45, 2.75) is 38.1 Å². The van der Waals surface area contributed by atoms with E-state index in [4.69, 9.17) is 4.74 Å². The first-order chi connectivity index (χ1) is 16.2. The van der Waals surface area contributed by atoms with E-state index in [1.165, 1.54) is 5.56 Å². The van der Waals surface area contributed by atoms with Crippen LogP contribution in [0.4, 0.5) is 11.4 Å². The van der Waals surface area contributed by atoms with E-state index in [1.807, 2.05) is 18.2 Å². The van der Waals surface area contributed by atoms with E-state index < -0.39 is 0 Å². The largest absolute Gasteiger partial charge is 0.497 e. The van der Waals surface area contributed by atoms with Crippen molar-refractivity contribution in [1.29, 1.82) is 0 Å². The predicted octanol–water partition coefficient (Wildman–Crippen LogP) is 6.48. The van der Waals surface area contributed by atoms with Gasteiger partial charge in [0.2, 0.25) is 0 Å². The summed E-state index contributed by atoms with van der Waals surface area (Å²) in [4.78, 5) is 16.2. The van der Waals surface area contributed by atoms with Gasteiger partial charge in [0.25, 0.3) is 0 Å². The number of fused-ring (bicyclic) bond motifs is 1. The minimum atomic E-state index is -0.133. The van der Waals surface area contributed by atoms with Gasteiger partial charge in [-0.1, -0.05) is 61.5 Å². The van der Waals surface area contributed by atoms with Crippen molar-refractivity contribution < 1.29 is 9.53 Å². The number of nitrogens with one attached hydrogen (secondary N) is 1. The van der Waals surface area contributed by atoms with E-state index in [0.717, 1.165) is 53.3 Å². The van der Waals surface area contributed by atoms with Gasteiger partial charge in [-0.05, 0) is 54.2 Å². The van der Waals surface area contributed by atoms with Gasteiger partial charge >= 0.3 is 0 Å². The molecule has 0 bridgehead atoms. The van der Waals surface area contributed by atoms with E-state index in [9.17, 15) is 4.79 Å². The first-order valence-electron chi connectivity index (χ1n) is 11.8. The lowest BCUT2D eigenvalue weighted by Crippen LogP contribution is -2.34. The molecule has 1 heterocycles. The molecule has 0 fully saturated rings. The normalized spacial score (nSPS) is 19.9. The highest BCUT2D eigenvalue weighted by molar-refractivity contribution is 6.01. The maximum atomic E-state index is 13.8. The number of rotatable bonds is 5. The van der Waals surface area contributed by atoms with Crippen LogP contribution >= 0.6 is 0 Å². The lowest BCUT2D eigenvalue weighted by molar-refractivity contribution is -0.116. The number of ether oxygens (including phenoxy) is 1. The Kier molecular flexibility index (Phi) is 5.91. The van der Waals surface area contributed by atoms with Gasteiger partial charge in [-0.25, -0.2) is 0 Å². The quantitative estimate of drug-likeness (QED) is 0.495. The third kappa shape index (κ3) is 4.02. The summed E-state index contributed by atoms with van der Waals surface area (Å²) in [5.41, 5.74) is 6.49. The van der Waals surface area contributed by atoms with Crippen molar-refractivity contribution in [2.24, 2.45) is 0 Å². The van der Waals surface area contributed by atoms with Crippen molar-refractivity contribution in [1.82, 2.24) is 0 Å². The molecule has 0 spiro atoms. The van der Waals surface area contributed by atoms with Gasteiger partial charge in [0.05, 0.1) is 24.5 Å². The number of hydrogen-bond acceptors (Lipinski definition) is 4. The Bertz CT molecular complexity index is 1170. The van der Waals surface area contributed by atoms with Crippen LogP contribution in [-0.2, 0) is 4.79 Å². The minimum absolute atomic E-state index is 0.133. The van der Waals surface area contributed by atoms with E-state index in [2.05, 4.69) is 77.8 Å². The maximum Gasteiger partial charge on any atom is 0.163 e. The topological polar surface area (TPSA) is 41.6 Å². The summed E-state index contributed by atoms with van der Waals surface area (Å²) < 4.78 is 5.40. The van der Waals surface area contributed by atoms with E-state index in [-0.39, 0.29) is 17.7 Å². The third-order valence-corrected chi connectivity index (χ3v) is 6.76. The Balaban J connectivity index is 1.67. The third-order valence-electron chi connectivity index (χ3n) is 6.76. The Morgan fingerprint density at radius 3 is 2.36 bits per heavy atom. The number of carbonyl (C=O) groups excluding carboxylic acids is 1. The summed E-state index contributed by atoms with van der Waals surface area (Å²) in [6.07, 6.45) is 2.35. The zero-order valence-corrected chi connectivity index (χ0v) is 19.3. The molecular weight excluding hydrogens is 408 g/mol. The second kappa shape index (κ2) is 9.14. The molecule has 0 aromatic heterocycles. The number of anilines is 2. The zero-order valence-electron chi connectivity index (χ0n) is 19.3. The molecule has 1 aliphatic heterocycles. The van der Waals surface area contributed by atoms with Crippen LogP contribution in [0.1, 0.15) is 49.3 Å². The molecular formula is C29H30N2O2. The van der Waals surface area contributed by atoms with Crippen LogP contribution in [0.25, 0.3) is 0 Å². The van der Waals surface area contributed by atoms with Crippen LogP contribution in [0.2, 0.25) is 0 Å². The molecule has 1 aliphatic carbocycles. The molecule has 0 amide bonds. The summed E-state index contributed by atoms with van der Waals surface area (Å²) in [5, 5.41) is 3.69. The Labute approximate surface area is 195 Å². The number of benzene rings is 3. The van der Waals surface area contributed by atoms with Gasteiger partial charge < -0.3 is 15.0 Å². The Hall–Kier alpha value is -3.53. The van der Waals surface area contributed by atoms with Crippen molar-refractivity contribution in [3.8, 4) is 5.75 Å². The summed E-state index contributed by atoms with van der Waals surface area (Å²) in [6, 6.07) is 26.9. The number of methoxy groups -OCH3 is 1. The molecule has 5 rings (SSSR count). The maximum absolute atomic E-state index is 13.8. The van der Waals surface area contributed by atoms with Crippen LogP contribution in [0.15, 0.2) is 90.1 Å². The van der Waals surface area contributed by atoms with Gasteiger partial charge in [0.1, 0.15) is 5.75 Å². The number of nitrogens with zero attached hydrogens (tertiary/aromatic N) is 1. The summed E-state index contributed by atoms with van der Waals surface area (Å²) in [5.74, 6) is 1.24. The lowest BCUT2D eigenvalue weighted by atomic mass is 9.78. The average Bonchev–Trinajstić information content (AvgIpc) is 2.99. The molecule has 0 unspecified atom stereocenters. The fraction of sp³-hybridized carbons (Fsp3) is 0.276. The second-order valence-electron chi connectivity index (χ2n) is 8.84. The molecule has 3 aromatic carbocycles. The highest BCUT2D eigenvalue weighted by Gasteiger charge is 2.39. The fourth-order valence-corrected chi connectivity index (χ4v) is 5.24. The molecule has 33 heavy (non-hydrogen) atoms. The number of carbonyl (C=O) groups is 1. The first-order valence-corrected chi connectivity index (χ1v) is 11.8. The Morgan fingerprint density at radius 2 is 1.64 bits per heavy atom. The van der Waals surface area contributed by atoms with Gasteiger partial charge in [0.15, 0.2) is 5.78 Å². The van der Waals surface area contributed by atoms with E-state index in [1.54, 1.807) is 7.11 Å². The molecule has 3 aromatic rings. The van der Waals surface area contributed by atoms with Gasteiger partial charge in [0, 0.05) is 24.2 Å². The van der Waals surface area contributed by atoms with E-state index in [0.29, 0.717) is 6.42 Å². The minimum Gasteiger partial charge on any atom is -0.497 e. The van der Waals surface area contributed by atoms with Gasteiger partial charge in [-0.2, -0.15) is 0 Å². The summed E-state index contributed by atoms with van der Waals surface area (Å²) in [6.45, 7) is 3.05. The molecule has 2 atom stereocenters. The molecule has 4 heteroatoms. The van der Waals surface area contributed by atoms with Crippen LogP contribution < -0.4 is 15.0 Å². The van der Waals surface area contributed by atoms with Crippen molar-refractivity contribution in [3.63, 3.8) is 0 Å². The molecule has 0 radical (unpaired) electrons. The van der Waals surface area contributed by atoms with Crippen LogP contribution in [0, 0.1) is 0 Å². The number of para-hydroxylation sites is 2. The second-order valence-corrected chi connectivity index (χ2v) is 8.84. The zero-order chi connectivity index (χ0) is 22.8. The van der Waals surface area contributed by atoms with Crippen LogP contribution in [0.5, 0.6) is 5.75 Å². The number of hydrogen-bond donors (Lipinski definition) is 1. The molecule has 2 aliphatic rings.